The van der Waals surface area contributed by atoms with E-state index < -0.39 is 9.84 Å². The third kappa shape index (κ3) is 2.90. The van der Waals surface area contributed by atoms with Crippen LogP contribution in [0.2, 0.25) is 0 Å². The molecule has 0 amide bonds. The molecule has 0 radical (unpaired) electrons. The molecule has 0 saturated carbocycles. The number of hydrogen-bond acceptors (Lipinski definition) is 5. The SMILES string of the molecule is Cc1cc(C)c(CN)c(N2CCS(=O)(=O)CC2C)n1. The summed E-state index contributed by atoms with van der Waals surface area (Å²) in [6.07, 6.45) is 0. The van der Waals surface area contributed by atoms with Crippen LogP contribution in [0, 0.1) is 13.8 Å². The number of anilines is 1. The summed E-state index contributed by atoms with van der Waals surface area (Å²) in [6.45, 7) is 6.81. The number of sulfone groups is 1. The summed E-state index contributed by atoms with van der Waals surface area (Å²) in [5, 5.41) is 0. The van der Waals surface area contributed by atoms with Gasteiger partial charge >= 0.3 is 0 Å². The number of hydrogen-bond donors (Lipinski definition) is 1. The number of nitrogens with zero attached hydrogens (tertiary/aromatic N) is 2. The summed E-state index contributed by atoms with van der Waals surface area (Å²) in [7, 11) is -2.91. The molecule has 0 spiro atoms. The molecule has 5 nitrogen and oxygen atoms in total. The Hall–Kier alpha value is -1.14. The summed E-state index contributed by atoms with van der Waals surface area (Å²) >= 11 is 0. The minimum atomic E-state index is -2.91. The first kappa shape index (κ1) is 14.3. The second-order valence-corrected chi connectivity index (χ2v) is 7.47. The second kappa shape index (κ2) is 5.09. The highest BCUT2D eigenvalue weighted by Crippen LogP contribution is 2.26. The van der Waals surface area contributed by atoms with E-state index in [-0.39, 0.29) is 17.5 Å². The average molecular weight is 283 g/mol. The van der Waals surface area contributed by atoms with Crippen molar-refractivity contribution in [3.63, 3.8) is 0 Å². The van der Waals surface area contributed by atoms with Crippen LogP contribution in [0.15, 0.2) is 6.07 Å². The van der Waals surface area contributed by atoms with E-state index in [1.54, 1.807) is 0 Å². The fourth-order valence-electron chi connectivity index (χ4n) is 2.65. The van der Waals surface area contributed by atoms with E-state index in [2.05, 4.69) is 9.88 Å². The Morgan fingerprint density at radius 3 is 2.74 bits per heavy atom. The highest BCUT2D eigenvalue weighted by molar-refractivity contribution is 7.91. The predicted octanol–water partition coefficient (Wildman–Crippen LogP) is 0.780. The zero-order chi connectivity index (χ0) is 14.2. The van der Waals surface area contributed by atoms with Crippen LogP contribution in [-0.4, -0.2) is 37.5 Å². The third-order valence-electron chi connectivity index (χ3n) is 3.60. The molecule has 2 heterocycles. The minimum Gasteiger partial charge on any atom is -0.352 e. The maximum Gasteiger partial charge on any atom is 0.154 e. The van der Waals surface area contributed by atoms with Gasteiger partial charge < -0.3 is 10.6 Å². The normalized spacial score (nSPS) is 22.5. The molecule has 1 atom stereocenters. The van der Waals surface area contributed by atoms with Crippen LogP contribution in [0.3, 0.4) is 0 Å². The maximum atomic E-state index is 11.7. The van der Waals surface area contributed by atoms with Crippen molar-refractivity contribution in [3.8, 4) is 0 Å². The molecule has 2 rings (SSSR count). The molecular formula is C13H21N3O2S. The Labute approximate surface area is 114 Å². The summed E-state index contributed by atoms with van der Waals surface area (Å²) in [5.41, 5.74) is 8.88. The fraction of sp³-hybridized carbons (Fsp3) is 0.615. The number of rotatable bonds is 2. The van der Waals surface area contributed by atoms with E-state index >= 15 is 0 Å². The van der Waals surface area contributed by atoms with Gasteiger partial charge in [-0.15, -0.1) is 0 Å². The highest BCUT2D eigenvalue weighted by Gasteiger charge is 2.30. The predicted molar refractivity (Wildman–Crippen MR) is 77.1 cm³/mol. The van der Waals surface area contributed by atoms with Crippen molar-refractivity contribution in [2.75, 3.05) is 23.0 Å². The van der Waals surface area contributed by atoms with Crippen LogP contribution in [0.25, 0.3) is 0 Å². The molecule has 0 aromatic carbocycles. The molecule has 0 bridgehead atoms. The summed E-state index contributed by atoms with van der Waals surface area (Å²) in [6, 6.07) is 1.95. The molecule has 0 aliphatic carbocycles. The van der Waals surface area contributed by atoms with E-state index in [4.69, 9.17) is 5.73 Å². The Bertz CT molecular complexity index is 584. The van der Waals surface area contributed by atoms with Crippen molar-refractivity contribution in [2.24, 2.45) is 5.73 Å². The van der Waals surface area contributed by atoms with Crippen molar-refractivity contribution < 1.29 is 8.42 Å². The second-order valence-electron chi connectivity index (χ2n) is 5.24. The first-order valence-electron chi connectivity index (χ1n) is 6.48. The van der Waals surface area contributed by atoms with E-state index in [0.717, 1.165) is 22.6 Å². The number of nitrogens with two attached hydrogens (primary N) is 1. The smallest absolute Gasteiger partial charge is 0.154 e. The Kier molecular flexibility index (Phi) is 3.82. The van der Waals surface area contributed by atoms with Crippen LogP contribution >= 0.6 is 0 Å². The fourth-order valence-corrected chi connectivity index (χ4v) is 4.20. The largest absolute Gasteiger partial charge is 0.352 e. The van der Waals surface area contributed by atoms with Gasteiger partial charge in [0.2, 0.25) is 0 Å². The standard InChI is InChI=1S/C13H21N3O2S/c1-9-6-10(2)15-13(12(9)7-14)16-4-5-19(17,18)8-11(16)3/h6,11H,4-5,7-8,14H2,1-3H3. The van der Waals surface area contributed by atoms with Gasteiger partial charge in [0.1, 0.15) is 5.82 Å². The van der Waals surface area contributed by atoms with Crippen LogP contribution < -0.4 is 10.6 Å². The zero-order valence-electron chi connectivity index (χ0n) is 11.7. The van der Waals surface area contributed by atoms with Crippen LogP contribution in [0.4, 0.5) is 5.82 Å². The molecule has 6 heteroatoms. The van der Waals surface area contributed by atoms with E-state index in [9.17, 15) is 8.42 Å². The summed E-state index contributed by atoms with van der Waals surface area (Å²) in [4.78, 5) is 6.65. The summed E-state index contributed by atoms with van der Waals surface area (Å²) in [5.74, 6) is 1.23. The van der Waals surface area contributed by atoms with E-state index in [0.29, 0.717) is 13.1 Å². The first-order chi connectivity index (χ1) is 8.84. The molecule has 1 saturated heterocycles. The molecule has 106 valence electrons. The van der Waals surface area contributed by atoms with Crippen molar-refractivity contribution in [3.05, 3.63) is 22.9 Å². The lowest BCUT2D eigenvalue weighted by atomic mass is 10.1. The quantitative estimate of drug-likeness (QED) is 0.868. The molecule has 1 fully saturated rings. The lowest BCUT2D eigenvalue weighted by Crippen LogP contribution is -2.48. The van der Waals surface area contributed by atoms with Crippen molar-refractivity contribution in [2.45, 2.75) is 33.4 Å². The van der Waals surface area contributed by atoms with Gasteiger partial charge in [0, 0.05) is 30.4 Å². The molecular weight excluding hydrogens is 262 g/mol. The molecule has 19 heavy (non-hydrogen) atoms. The van der Waals surface area contributed by atoms with Crippen LogP contribution in [0.1, 0.15) is 23.7 Å². The van der Waals surface area contributed by atoms with Gasteiger partial charge in [-0.2, -0.15) is 0 Å². The molecule has 2 N–H and O–H groups in total. The van der Waals surface area contributed by atoms with E-state index in [1.807, 2.05) is 26.8 Å². The topological polar surface area (TPSA) is 76.3 Å². The van der Waals surface area contributed by atoms with Gasteiger partial charge in [0.15, 0.2) is 9.84 Å². The minimum absolute atomic E-state index is 0.0576. The molecule has 1 aromatic rings. The van der Waals surface area contributed by atoms with Gasteiger partial charge in [-0.3, -0.25) is 0 Å². The zero-order valence-corrected chi connectivity index (χ0v) is 12.5. The van der Waals surface area contributed by atoms with Crippen molar-refractivity contribution in [1.82, 2.24) is 4.98 Å². The highest BCUT2D eigenvalue weighted by atomic mass is 32.2. The number of aryl methyl sites for hydroxylation is 2. The van der Waals surface area contributed by atoms with Gasteiger partial charge in [-0.25, -0.2) is 13.4 Å². The average Bonchev–Trinajstić information content (AvgIpc) is 2.26. The van der Waals surface area contributed by atoms with Crippen LogP contribution in [0.5, 0.6) is 0 Å². The first-order valence-corrected chi connectivity index (χ1v) is 8.30. The van der Waals surface area contributed by atoms with Gasteiger partial charge in [0.25, 0.3) is 0 Å². The van der Waals surface area contributed by atoms with Gasteiger partial charge in [-0.1, -0.05) is 0 Å². The summed E-state index contributed by atoms with van der Waals surface area (Å²) < 4.78 is 23.3. The Morgan fingerprint density at radius 2 is 2.16 bits per heavy atom. The number of aromatic nitrogens is 1. The monoisotopic (exact) mass is 283 g/mol. The van der Waals surface area contributed by atoms with Crippen molar-refractivity contribution >= 4 is 15.7 Å². The van der Waals surface area contributed by atoms with Gasteiger partial charge in [0.05, 0.1) is 11.5 Å². The van der Waals surface area contributed by atoms with Crippen LogP contribution in [-0.2, 0) is 16.4 Å². The van der Waals surface area contributed by atoms with Crippen molar-refractivity contribution in [1.29, 1.82) is 0 Å². The Morgan fingerprint density at radius 1 is 1.47 bits per heavy atom. The molecule has 1 aliphatic rings. The lowest BCUT2D eigenvalue weighted by Gasteiger charge is -2.35. The van der Waals surface area contributed by atoms with E-state index in [1.165, 1.54) is 0 Å². The maximum absolute atomic E-state index is 11.7. The lowest BCUT2D eigenvalue weighted by molar-refractivity contribution is 0.566. The molecule has 1 unspecified atom stereocenters. The number of pyridine rings is 1. The third-order valence-corrected chi connectivity index (χ3v) is 5.39. The molecule has 1 aromatic heterocycles. The molecule has 1 aliphatic heterocycles. The Balaban J connectivity index is 2.42. The van der Waals surface area contributed by atoms with Gasteiger partial charge in [-0.05, 0) is 32.4 Å².